The number of hydrogen-bond donors (Lipinski definition) is 0. The van der Waals surface area contributed by atoms with Gasteiger partial charge in [-0.25, -0.2) is 4.39 Å². The van der Waals surface area contributed by atoms with Gasteiger partial charge in [-0.3, -0.25) is 9.97 Å². The molecular formula is C11H8FN2S. The quantitative estimate of drug-likeness (QED) is 0.774. The zero-order chi connectivity index (χ0) is 10.7. The van der Waals surface area contributed by atoms with E-state index in [1.54, 1.807) is 18.6 Å². The van der Waals surface area contributed by atoms with Crippen LogP contribution in [0.25, 0.3) is 16.6 Å². The van der Waals surface area contributed by atoms with Gasteiger partial charge in [0, 0.05) is 19.3 Å². The topological polar surface area (TPSA) is 25.8 Å². The molecule has 0 bridgehead atoms. The fourth-order valence-electron chi connectivity index (χ4n) is 1.23. The second kappa shape index (κ2) is 4.31. The number of allylic oxidation sites excluding steroid dienone is 1. The van der Waals surface area contributed by atoms with Gasteiger partial charge < -0.3 is 0 Å². The Morgan fingerprint density at radius 3 is 3.00 bits per heavy atom. The van der Waals surface area contributed by atoms with Gasteiger partial charge in [-0.05, 0) is 23.1 Å². The van der Waals surface area contributed by atoms with Crippen molar-refractivity contribution in [2.24, 2.45) is 0 Å². The van der Waals surface area contributed by atoms with Gasteiger partial charge in [0.05, 0.1) is 16.8 Å². The molecule has 0 spiro atoms. The molecule has 0 saturated carbocycles. The fourth-order valence-corrected chi connectivity index (χ4v) is 2.07. The van der Waals surface area contributed by atoms with Crippen molar-refractivity contribution in [1.29, 1.82) is 0 Å². The summed E-state index contributed by atoms with van der Waals surface area (Å²) in [5.74, 6) is -0.460. The number of nitrogens with zero attached hydrogens (tertiary/aromatic N) is 2. The molecule has 2 aromatic heterocycles. The molecule has 0 aliphatic rings. The molecule has 0 aromatic carbocycles. The number of aromatic nitrogens is 2. The largest absolute Gasteiger partial charge is 0.261 e. The second-order valence-corrected chi connectivity index (χ2v) is 3.80. The SMILES string of the molecule is [CH2]/C(F)=C/c1ccsc1-c1cnccn1. The first-order valence-electron chi connectivity index (χ1n) is 4.30. The van der Waals surface area contributed by atoms with Gasteiger partial charge in [0.1, 0.15) is 5.83 Å². The predicted molar refractivity (Wildman–Crippen MR) is 59.8 cm³/mol. The van der Waals surface area contributed by atoms with E-state index in [4.69, 9.17) is 0 Å². The van der Waals surface area contributed by atoms with Crippen molar-refractivity contribution in [2.75, 3.05) is 0 Å². The van der Waals surface area contributed by atoms with Crippen LogP contribution in [0.2, 0.25) is 0 Å². The van der Waals surface area contributed by atoms with Crippen LogP contribution in [-0.2, 0) is 0 Å². The van der Waals surface area contributed by atoms with E-state index < -0.39 is 5.83 Å². The lowest BCUT2D eigenvalue weighted by Crippen LogP contribution is -1.82. The van der Waals surface area contributed by atoms with E-state index in [9.17, 15) is 4.39 Å². The molecule has 0 atom stereocenters. The average molecular weight is 219 g/mol. The third-order valence-corrected chi connectivity index (χ3v) is 2.76. The number of halogens is 1. The third kappa shape index (κ3) is 2.27. The van der Waals surface area contributed by atoms with Crippen LogP contribution >= 0.6 is 11.3 Å². The van der Waals surface area contributed by atoms with Crippen molar-refractivity contribution in [3.63, 3.8) is 0 Å². The number of thiophene rings is 1. The summed E-state index contributed by atoms with van der Waals surface area (Å²) in [5.41, 5.74) is 1.54. The maximum Gasteiger partial charge on any atom is 0.101 e. The molecule has 0 aliphatic carbocycles. The minimum Gasteiger partial charge on any atom is -0.261 e. The van der Waals surface area contributed by atoms with E-state index >= 15 is 0 Å². The maximum absolute atomic E-state index is 12.7. The highest BCUT2D eigenvalue weighted by molar-refractivity contribution is 7.13. The van der Waals surface area contributed by atoms with E-state index in [0.29, 0.717) is 0 Å². The molecule has 0 unspecified atom stereocenters. The summed E-state index contributed by atoms with van der Waals surface area (Å²) in [4.78, 5) is 9.04. The zero-order valence-electron chi connectivity index (χ0n) is 7.85. The van der Waals surface area contributed by atoms with Crippen molar-refractivity contribution in [3.05, 3.63) is 48.4 Å². The van der Waals surface area contributed by atoms with E-state index in [1.807, 2.05) is 11.4 Å². The fraction of sp³-hybridized carbons (Fsp3) is 0. The van der Waals surface area contributed by atoms with Crippen LogP contribution in [0.4, 0.5) is 4.39 Å². The number of hydrogen-bond acceptors (Lipinski definition) is 3. The van der Waals surface area contributed by atoms with E-state index in [0.717, 1.165) is 16.1 Å². The van der Waals surface area contributed by atoms with Gasteiger partial charge in [-0.15, -0.1) is 11.3 Å². The van der Waals surface area contributed by atoms with Crippen molar-refractivity contribution in [2.45, 2.75) is 0 Å². The van der Waals surface area contributed by atoms with Gasteiger partial charge in [-0.2, -0.15) is 0 Å². The highest BCUT2D eigenvalue weighted by atomic mass is 32.1. The minimum absolute atomic E-state index is 0.460. The second-order valence-electron chi connectivity index (χ2n) is 2.89. The third-order valence-electron chi connectivity index (χ3n) is 1.80. The summed E-state index contributed by atoms with van der Waals surface area (Å²) in [5, 5.41) is 1.89. The Hall–Kier alpha value is -1.55. The molecule has 0 saturated heterocycles. The lowest BCUT2D eigenvalue weighted by atomic mass is 10.2. The molecule has 0 N–H and O–H groups in total. The molecule has 2 rings (SSSR count). The summed E-state index contributed by atoms with van der Waals surface area (Å²) in [7, 11) is 0. The van der Waals surface area contributed by atoms with Crippen LogP contribution in [0, 0.1) is 6.92 Å². The zero-order valence-corrected chi connectivity index (χ0v) is 8.67. The van der Waals surface area contributed by atoms with E-state index in [2.05, 4.69) is 16.9 Å². The summed E-state index contributed by atoms with van der Waals surface area (Å²) < 4.78 is 12.7. The number of rotatable bonds is 2. The van der Waals surface area contributed by atoms with Crippen LogP contribution < -0.4 is 0 Å². The highest BCUT2D eigenvalue weighted by Crippen LogP contribution is 2.29. The average Bonchev–Trinajstić information content (AvgIpc) is 2.66. The Morgan fingerprint density at radius 2 is 2.33 bits per heavy atom. The molecule has 2 nitrogen and oxygen atoms in total. The van der Waals surface area contributed by atoms with Gasteiger partial charge in [-0.1, -0.05) is 0 Å². The molecule has 0 aliphatic heterocycles. The molecule has 0 amide bonds. The first-order chi connectivity index (χ1) is 7.27. The highest BCUT2D eigenvalue weighted by Gasteiger charge is 2.06. The van der Waals surface area contributed by atoms with Gasteiger partial charge in [0.15, 0.2) is 0 Å². The normalized spacial score (nSPS) is 11.7. The molecule has 1 radical (unpaired) electrons. The summed E-state index contributed by atoms with van der Waals surface area (Å²) >= 11 is 1.50. The predicted octanol–water partition coefficient (Wildman–Crippen LogP) is 3.35. The van der Waals surface area contributed by atoms with Crippen molar-refractivity contribution in [1.82, 2.24) is 9.97 Å². The van der Waals surface area contributed by atoms with Gasteiger partial charge in [0.2, 0.25) is 0 Å². The van der Waals surface area contributed by atoms with Gasteiger partial charge in [0.25, 0.3) is 0 Å². The molecule has 2 aromatic rings. The monoisotopic (exact) mass is 219 g/mol. The van der Waals surface area contributed by atoms with Crippen molar-refractivity contribution < 1.29 is 4.39 Å². The van der Waals surface area contributed by atoms with Crippen molar-refractivity contribution in [3.8, 4) is 10.6 Å². The minimum atomic E-state index is -0.460. The Balaban J connectivity index is 2.46. The van der Waals surface area contributed by atoms with E-state index in [-0.39, 0.29) is 0 Å². The molecule has 75 valence electrons. The Morgan fingerprint density at radius 1 is 1.47 bits per heavy atom. The van der Waals surface area contributed by atoms with Crippen LogP contribution in [0.5, 0.6) is 0 Å². The standard InChI is InChI=1S/C11H8FN2S/c1-8(12)6-9-2-5-15-11(9)10-7-13-3-4-14-10/h2-7H,1H2/b8-6-. The van der Waals surface area contributed by atoms with Gasteiger partial charge >= 0.3 is 0 Å². The lowest BCUT2D eigenvalue weighted by molar-refractivity contribution is 0.673. The molecule has 0 fully saturated rings. The van der Waals surface area contributed by atoms with Crippen LogP contribution in [0.3, 0.4) is 0 Å². The van der Waals surface area contributed by atoms with Crippen LogP contribution in [0.15, 0.2) is 35.9 Å². The van der Waals surface area contributed by atoms with Crippen LogP contribution in [-0.4, -0.2) is 9.97 Å². The molecule has 2 heterocycles. The first kappa shape index (κ1) is 9.98. The Kier molecular flexibility index (Phi) is 2.87. The first-order valence-corrected chi connectivity index (χ1v) is 5.18. The van der Waals surface area contributed by atoms with Crippen molar-refractivity contribution >= 4 is 17.4 Å². The smallest absolute Gasteiger partial charge is 0.101 e. The summed E-state index contributed by atoms with van der Waals surface area (Å²) in [6, 6.07) is 1.83. The Bertz CT molecular complexity index is 472. The molecular weight excluding hydrogens is 211 g/mol. The Labute approximate surface area is 91.1 Å². The molecule has 15 heavy (non-hydrogen) atoms. The maximum atomic E-state index is 12.7. The van der Waals surface area contributed by atoms with Crippen LogP contribution in [0.1, 0.15) is 5.56 Å². The molecule has 4 heteroatoms. The lowest BCUT2D eigenvalue weighted by Gasteiger charge is -1.97. The van der Waals surface area contributed by atoms with E-state index in [1.165, 1.54) is 17.4 Å². The summed E-state index contributed by atoms with van der Waals surface area (Å²) in [6.45, 7) is 3.21. The summed E-state index contributed by atoms with van der Waals surface area (Å²) in [6.07, 6.45) is 6.27.